The van der Waals surface area contributed by atoms with Gasteiger partial charge in [-0.25, -0.2) is 0 Å². The number of aliphatic hydroxyl groups excluding tert-OH is 1. The molecule has 0 heterocycles. The summed E-state index contributed by atoms with van der Waals surface area (Å²) >= 11 is 6.06. The van der Waals surface area contributed by atoms with Crippen LogP contribution in [0.1, 0.15) is 5.56 Å². The van der Waals surface area contributed by atoms with Crippen molar-refractivity contribution in [3.05, 3.63) is 28.8 Å². The lowest BCUT2D eigenvalue weighted by molar-refractivity contribution is 0.0695. The zero-order chi connectivity index (χ0) is 14.4. The highest BCUT2D eigenvalue weighted by atomic mass is 35.5. The minimum atomic E-state index is -0.586. The third kappa shape index (κ3) is 4.27. The second-order valence-electron chi connectivity index (χ2n) is 4.14. The third-order valence-electron chi connectivity index (χ3n) is 2.62. The van der Waals surface area contributed by atoms with E-state index < -0.39 is 6.10 Å². The number of anilines is 1. The van der Waals surface area contributed by atoms with Crippen LogP contribution in [0.25, 0.3) is 0 Å². The number of hydrogen-bond acceptors (Lipinski definition) is 5. The Morgan fingerprint density at radius 3 is 2.79 bits per heavy atom. The van der Waals surface area contributed by atoms with Crippen molar-refractivity contribution in [2.75, 3.05) is 32.2 Å². The van der Waals surface area contributed by atoms with Gasteiger partial charge in [0.25, 0.3) is 0 Å². The maximum atomic E-state index is 9.66. The van der Waals surface area contributed by atoms with Gasteiger partial charge in [0.15, 0.2) is 5.84 Å². The molecule has 0 saturated heterocycles. The monoisotopic (exact) mass is 287 g/mol. The zero-order valence-electron chi connectivity index (χ0n) is 10.9. The van der Waals surface area contributed by atoms with Gasteiger partial charge in [-0.2, -0.15) is 0 Å². The molecule has 1 rings (SSSR count). The van der Waals surface area contributed by atoms with Crippen molar-refractivity contribution in [2.45, 2.75) is 6.10 Å². The molecule has 1 aromatic carbocycles. The summed E-state index contributed by atoms with van der Waals surface area (Å²) in [5.41, 5.74) is 6.76. The highest BCUT2D eigenvalue weighted by Crippen LogP contribution is 2.23. The number of likely N-dealkylation sites (N-methyl/N-ethyl adjacent to an activating group) is 1. The summed E-state index contributed by atoms with van der Waals surface area (Å²) in [6.45, 7) is 0.674. The Morgan fingerprint density at radius 2 is 2.26 bits per heavy atom. The molecule has 6 nitrogen and oxygen atoms in total. The fourth-order valence-electron chi connectivity index (χ4n) is 1.67. The van der Waals surface area contributed by atoms with Gasteiger partial charge in [0.05, 0.1) is 17.7 Å². The first-order valence-electron chi connectivity index (χ1n) is 5.65. The Labute approximate surface area is 117 Å². The van der Waals surface area contributed by atoms with E-state index in [9.17, 15) is 5.11 Å². The molecule has 19 heavy (non-hydrogen) atoms. The molecule has 0 spiro atoms. The Bertz CT molecular complexity index is 454. The van der Waals surface area contributed by atoms with Gasteiger partial charge in [0.2, 0.25) is 0 Å². The lowest BCUT2D eigenvalue weighted by atomic mass is 10.1. The Balaban J connectivity index is 2.83. The largest absolute Gasteiger partial charge is 0.409 e. The van der Waals surface area contributed by atoms with Crippen molar-refractivity contribution in [1.82, 2.24) is 0 Å². The molecule has 1 atom stereocenters. The first kappa shape index (κ1) is 15.6. The first-order valence-corrected chi connectivity index (χ1v) is 6.03. The Kier molecular flexibility index (Phi) is 5.88. The lowest BCUT2D eigenvalue weighted by Gasteiger charge is -2.23. The molecule has 4 N–H and O–H groups in total. The summed E-state index contributed by atoms with van der Waals surface area (Å²) in [7, 11) is 3.36. The molecule has 0 aliphatic carbocycles. The van der Waals surface area contributed by atoms with Crippen LogP contribution in [-0.4, -0.2) is 49.6 Å². The van der Waals surface area contributed by atoms with Crippen molar-refractivity contribution in [2.24, 2.45) is 10.9 Å². The zero-order valence-corrected chi connectivity index (χ0v) is 11.6. The van der Waals surface area contributed by atoms with E-state index in [1.54, 1.807) is 18.2 Å². The van der Waals surface area contributed by atoms with Crippen molar-refractivity contribution in [3.8, 4) is 0 Å². The minimum Gasteiger partial charge on any atom is -0.409 e. The number of nitrogens with zero attached hydrogens (tertiary/aromatic N) is 2. The normalized spacial score (nSPS) is 13.4. The summed E-state index contributed by atoms with van der Waals surface area (Å²) in [6, 6.07) is 5.12. The number of aliphatic hydroxyl groups is 1. The number of methoxy groups -OCH3 is 1. The average molecular weight is 288 g/mol. The number of oxime groups is 1. The fourth-order valence-corrected chi connectivity index (χ4v) is 1.94. The molecule has 0 aliphatic rings. The van der Waals surface area contributed by atoms with E-state index in [0.29, 0.717) is 17.1 Å². The molecule has 7 heteroatoms. The van der Waals surface area contributed by atoms with Gasteiger partial charge in [-0.3, -0.25) is 0 Å². The highest BCUT2D eigenvalue weighted by molar-refractivity contribution is 6.34. The summed E-state index contributed by atoms with van der Waals surface area (Å²) in [5.74, 6) is -0.0429. The van der Waals surface area contributed by atoms with E-state index >= 15 is 0 Å². The molecule has 0 aliphatic heterocycles. The smallest absolute Gasteiger partial charge is 0.171 e. The molecule has 0 fully saturated rings. The number of amidine groups is 1. The predicted octanol–water partition coefficient (Wildman–Crippen LogP) is 0.878. The maximum Gasteiger partial charge on any atom is 0.171 e. The second kappa shape index (κ2) is 7.18. The van der Waals surface area contributed by atoms with Crippen molar-refractivity contribution < 1.29 is 15.1 Å². The minimum absolute atomic E-state index is 0.0429. The molecule has 0 aromatic heterocycles. The SMILES string of the molecule is COCC(O)CN(C)c1ccc(/C(N)=N/O)c(Cl)c1. The molecule has 0 amide bonds. The van der Waals surface area contributed by atoms with Crippen LogP contribution in [0.4, 0.5) is 5.69 Å². The quantitative estimate of drug-likeness (QED) is 0.313. The Morgan fingerprint density at radius 1 is 1.58 bits per heavy atom. The predicted molar refractivity (Wildman–Crippen MR) is 75.1 cm³/mol. The third-order valence-corrected chi connectivity index (χ3v) is 2.93. The van der Waals surface area contributed by atoms with E-state index in [0.717, 1.165) is 5.69 Å². The van der Waals surface area contributed by atoms with Gasteiger partial charge in [0.1, 0.15) is 0 Å². The van der Waals surface area contributed by atoms with Gasteiger partial charge in [-0.15, -0.1) is 0 Å². The van der Waals surface area contributed by atoms with E-state index in [1.165, 1.54) is 7.11 Å². The molecule has 0 radical (unpaired) electrons. The van der Waals surface area contributed by atoms with E-state index in [-0.39, 0.29) is 12.4 Å². The topological polar surface area (TPSA) is 91.3 Å². The highest BCUT2D eigenvalue weighted by Gasteiger charge is 2.11. The second-order valence-corrected chi connectivity index (χ2v) is 4.55. The van der Waals surface area contributed by atoms with Crippen molar-refractivity contribution in [1.29, 1.82) is 0 Å². The van der Waals surface area contributed by atoms with Crippen LogP contribution in [0.3, 0.4) is 0 Å². The molecule has 1 aromatic rings. The summed E-state index contributed by atoms with van der Waals surface area (Å²) in [5, 5.41) is 21.6. The van der Waals surface area contributed by atoms with Crippen molar-refractivity contribution in [3.63, 3.8) is 0 Å². The number of halogens is 1. The maximum absolute atomic E-state index is 9.66. The fraction of sp³-hybridized carbons (Fsp3) is 0.417. The standard InChI is InChI=1S/C12H18ClN3O3/c1-16(6-9(17)7-19-2)8-3-4-10(11(13)5-8)12(14)15-18/h3-5,9,17-18H,6-7H2,1-2H3,(H2,14,15). The molecule has 0 bridgehead atoms. The van der Waals surface area contributed by atoms with Crippen LogP contribution < -0.4 is 10.6 Å². The number of benzene rings is 1. The lowest BCUT2D eigenvalue weighted by Crippen LogP contribution is -2.31. The van der Waals surface area contributed by atoms with Crippen LogP contribution in [0, 0.1) is 0 Å². The van der Waals surface area contributed by atoms with E-state index in [1.807, 2.05) is 11.9 Å². The number of rotatable bonds is 6. The van der Waals surface area contributed by atoms with Gasteiger partial charge < -0.3 is 25.7 Å². The average Bonchev–Trinajstić information content (AvgIpc) is 2.37. The summed E-state index contributed by atoms with van der Waals surface area (Å²) in [4.78, 5) is 1.84. The van der Waals surface area contributed by atoms with E-state index in [4.69, 9.17) is 27.3 Å². The van der Waals surface area contributed by atoms with Gasteiger partial charge in [-0.05, 0) is 18.2 Å². The van der Waals surface area contributed by atoms with Crippen LogP contribution in [0.5, 0.6) is 0 Å². The molecular formula is C12H18ClN3O3. The Hall–Kier alpha value is -1.50. The van der Waals surface area contributed by atoms with Gasteiger partial charge in [0, 0.05) is 32.0 Å². The molecule has 1 unspecified atom stereocenters. The van der Waals surface area contributed by atoms with Crippen molar-refractivity contribution >= 4 is 23.1 Å². The summed E-state index contributed by atoms with van der Waals surface area (Å²) in [6.07, 6.45) is -0.586. The van der Waals surface area contributed by atoms with Crippen LogP contribution in [0.15, 0.2) is 23.4 Å². The van der Waals surface area contributed by atoms with Crippen LogP contribution in [0.2, 0.25) is 5.02 Å². The summed E-state index contributed by atoms with van der Waals surface area (Å²) < 4.78 is 4.87. The first-order chi connectivity index (χ1) is 8.99. The molecule has 0 saturated carbocycles. The number of nitrogens with two attached hydrogens (primary N) is 1. The number of hydrogen-bond donors (Lipinski definition) is 3. The number of ether oxygens (including phenoxy) is 1. The molecular weight excluding hydrogens is 270 g/mol. The van der Waals surface area contributed by atoms with Crippen LogP contribution in [-0.2, 0) is 4.74 Å². The van der Waals surface area contributed by atoms with E-state index in [2.05, 4.69) is 5.16 Å². The van der Waals surface area contributed by atoms with Crippen LogP contribution >= 0.6 is 11.6 Å². The van der Waals surface area contributed by atoms with Gasteiger partial charge >= 0.3 is 0 Å². The molecule has 106 valence electrons. The van der Waals surface area contributed by atoms with Gasteiger partial charge in [-0.1, -0.05) is 16.8 Å².